The highest BCUT2D eigenvalue weighted by molar-refractivity contribution is 7.77. The van der Waals surface area contributed by atoms with E-state index in [2.05, 4.69) is 20.0 Å². The fraction of sp³-hybridized carbons (Fsp3) is 0.714. The molecule has 0 unspecified atom stereocenters. The lowest BCUT2D eigenvalue weighted by atomic mass is 10.5. The predicted octanol–water partition coefficient (Wildman–Crippen LogP) is 1.69. The van der Waals surface area contributed by atoms with E-state index in [1.54, 1.807) is 0 Å². The minimum absolute atomic E-state index is 0.423. The average molecular weight is 161 g/mol. The van der Waals surface area contributed by atoms with Crippen LogP contribution in [0.25, 0.3) is 0 Å². The first kappa shape index (κ1) is 8.03. The Balaban J connectivity index is 2.81. The SMILES string of the molecule is C[P+](C)(C)C1=C(O)COC1. The molecule has 0 saturated carbocycles. The second-order valence-corrected chi connectivity index (χ2v) is 7.96. The van der Waals surface area contributed by atoms with Gasteiger partial charge in [0, 0.05) is 7.26 Å². The molecule has 0 radical (unpaired) electrons. The third-order valence-electron chi connectivity index (χ3n) is 1.62. The van der Waals surface area contributed by atoms with Gasteiger partial charge in [-0.1, -0.05) is 0 Å². The van der Waals surface area contributed by atoms with Crippen molar-refractivity contribution >= 4 is 7.26 Å². The van der Waals surface area contributed by atoms with Crippen LogP contribution >= 0.6 is 7.26 Å². The van der Waals surface area contributed by atoms with Gasteiger partial charge in [0.1, 0.15) is 18.5 Å². The quantitative estimate of drug-likeness (QED) is 0.593. The Kier molecular flexibility index (Phi) is 2.02. The van der Waals surface area contributed by atoms with Crippen molar-refractivity contribution in [1.29, 1.82) is 0 Å². The molecule has 0 aliphatic carbocycles. The third kappa shape index (κ3) is 1.50. The molecule has 3 heteroatoms. The van der Waals surface area contributed by atoms with Crippen LogP contribution in [0.2, 0.25) is 0 Å². The fourth-order valence-electron chi connectivity index (χ4n) is 0.992. The highest BCUT2D eigenvalue weighted by Gasteiger charge is 2.32. The second kappa shape index (κ2) is 2.52. The number of hydrogen-bond donors (Lipinski definition) is 1. The minimum Gasteiger partial charge on any atom is -0.506 e. The minimum atomic E-state index is -1.01. The monoisotopic (exact) mass is 161 g/mol. The van der Waals surface area contributed by atoms with E-state index in [1.807, 2.05) is 0 Å². The van der Waals surface area contributed by atoms with E-state index in [-0.39, 0.29) is 0 Å². The van der Waals surface area contributed by atoms with Crippen molar-refractivity contribution in [3.8, 4) is 0 Å². The third-order valence-corrected chi connectivity index (χ3v) is 3.63. The van der Waals surface area contributed by atoms with Crippen molar-refractivity contribution in [1.82, 2.24) is 0 Å². The molecule has 10 heavy (non-hydrogen) atoms. The molecule has 0 amide bonds. The molecule has 58 valence electrons. The van der Waals surface area contributed by atoms with Crippen molar-refractivity contribution in [3.63, 3.8) is 0 Å². The number of aliphatic hydroxyl groups is 1. The van der Waals surface area contributed by atoms with E-state index in [0.717, 1.165) is 5.31 Å². The van der Waals surface area contributed by atoms with E-state index in [0.29, 0.717) is 19.0 Å². The molecule has 0 aromatic heterocycles. The average Bonchev–Trinajstić information content (AvgIpc) is 2.11. The Morgan fingerprint density at radius 2 is 1.90 bits per heavy atom. The van der Waals surface area contributed by atoms with E-state index in [9.17, 15) is 5.11 Å². The fourth-order valence-corrected chi connectivity index (χ4v) is 2.31. The van der Waals surface area contributed by atoms with Crippen molar-refractivity contribution in [2.75, 3.05) is 33.2 Å². The zero-order chi connectivity index (χ0) is 7.78. The molecule has 0 bridgehead atoms. The lowest BCUT2D eigenvalue weighted by Gasteiger charge is -2.11. The summed E-state index contributed by atoms with van der Waals surface area (Å²) in [5.74, 6) is 0.473. The largest absolute Gasteiger partial charge is 0.506 e. The van der Waals surface area contributed by atoms with Crippen LogP contribution < -0.4 is 0 Å². The molecule has 1 aliphatic heterocycles. The number of ether oxygens (including phenoxy) is 1. The first-order valence-electron chi connectivity index (χ1n) is 3.32. The van der Waals surface area contributed by atoms with Gasteiger partial charge in [0.05, 0.1) is 20.0 Å². The molecule has 0 aromatic rings. The van der Waals surface area contributed by atoms with Gasteiger partial charge in [-0.05, 0) is 0 Å². The molecule has 1 N–H and O–H groups in total. The Bertz CT molecular complexity index is 167. The van der Waals surface area contributed by atoms with Gasteiger partial charge < -0.3 is 9.84 Å². The Hall–Kier alpha value is -0.0700. The summed E-state index contributed by atoms with van der Waals surface area (Å²) >= 11 is 0. The molecule has 1 heterocycles. The van der Waals surface area contributed by atoms with Crippen molar-refractivity contribution in [3.05, 3.63) is 11.1 Å². The highest BCUT2D eigenvalue weighted by Crippen LogP contribution is 2.57. The molecule has 0 saturated heterocycles. The maximum atomic E-state index is 9.31. The van der Waals surface area contributed by atoms with Crippen LogP contribution in [0.5, 0.6) is 0 Å². The molecule has 1 aliphatic rings. The smallest absolute Gasteiger partial charge is 0.158 e. The van der Waals surface area contributed by atoms with Gasteiger partial charge in [0.15, 0.2) is 5.76 Å². The maximum absolute atomic E-state index is 9.31. The predicted molar refractivity (Wildman–Crippen MR) is 45.2 cm³/mol. The van der Waals surface area contributed by atoms with Crippen LogP contribution in [0.3, 0.4) is 0 Å². The van der Waals surface area contributed by atoms with E-state index in [4.69, 9.17) is 4.74 Å². The zero-order valence-corrected chi connectivity index (χ0v) is 7.61. The summed E-state index contributed by atoms with van der Waals surface area (Å²) in [6, 6.07) is 0. The normalized spacial score (nSPS) is 20.3. The molecule has 0 spiro atoms. The van der Waals surface area contributed by atoms with Crippen molar-refractivity contribution < 1.29 is 9.84 Å². The van der Waals surface area contributed by atoms with Crippen molar-refractivity contribution in [2.45, 2.75) is 0 Å². The van der Waals surface area contributed by atoms with Gasteiger partial charge in [0.2, 0.25) is 0 Å². The number of hydrogen-bond acceptors (Lipinski definition) is 2. The summed E-state index contributed by atoms with van der Waals surface area (Å²) < 4.78 is 5.10. The summed E-state index contributed by atoms with van der Waals surface area (Å²) in [5.41, 5.74) is 0. The summed E-state index contributed by atoms with van der Waals surface area (Å²) in [4.78, 5) is 0. The Labute approximate surface area is 62.2 Å². The summed E-state index contributed by atoms with van der Waals surface area (Å²) in [6.45, 7) is 7.63. The molecule has 0 aromatic carbocycles. The molecule has 0 fully saturated rings. The van der Waals surface area contributed by atoms with E-state index in [1.165, 1.54) is 0 Å². The number of rotatable bonds is 1. The van der Waals surface area contributed by atoms with Crippen LogP contribution in [0.1, 0.15) is 0 Å². The van der Waals surface area contributed by atoms with Gasteiger partial charge in [-0.3, -0.25) is 0 Å². The van der Waals surface area contributed by atoms with Crippen LogP contribution in [0.15, 0.2) is 11.1 Å². The van der Waals surface area contributed by atoms with Crippen LogP contribution in [-0.2, 0) is 4.74 Å². The first-order chi connectivity index (χ1) is 4.52. The van der Waals surface area contributed by atoms with E-state index < -0.39 is 7.26 Å². The summed E-state index contributed by atoms with van der Waals surface area (Å²) in [6.07, 6.45) is 0. The molecule has 2 nitrogen and oxygen atoms in total. The van der Waals surface area contributed by atoms with Gasteiger partial charge in [-0.2, -0.15) is 0 Å². The molecular formula is C7H14O2P+. The van der Waals surface area contributed by atoms with Gasteiger partial charge in [-0.25, -0.2) is 0 Å². The van der Waals surface area contributed by atoms with Crippen molar-refractivity contribution in [2.24, 2.45) is 0 Å². The molecule has 1 rings (SSSR count). The lowest BCUT2D eigenvalue weighted by Crippen LogP contribution is -1.94. The van der Waals surface area contributed by atoms with Gasteiger partial charge >= 0.3 is 0 Å². The van der Waals surface area contributed by atoms with Crippen LogP contribution in [0, 0.1) is 0 Å². The van der Waals surface area contributed by atoms with Gasteiger partial charge in [-0.15, -0.1) is 0 Å². The topological polar surface area (TPSA) is 29.5 Å². The standard InChI is InChI=1S/C7H13O2P/c1-10(2,3)7-5-9-4-6(7)8/h4-5H2,1-3H3/p+1. The highest BCUT2D eigenvalue weighted by atomic mass is 31.2. The van der Waals surface area contributed by atoms with Gasteiger partial charge in [0.25, 0.3) is 0 Å². The lowest BCUT2D eigenvalue weighted by molar-refractivity contribution is 0.183. The summed E-state index contributed by atoms with van der Waals surface area (Å²) in [5, 5.41) is 10.5. The first-order valence-corrected chi connectivity index (χ1v) is 6.45. The van der Waals surface area contributed by atoms with E-state index >= 15 is 0 Å². The van der Waals surface area contributed by atoms with Crippen LogP contribution in [-0.4, -0.2) is 38.3 Å². The van der Waals surface area contributed by atoms with Crippen LogP contribution in [0.4, 0.5) is 0 Å². The number of aliphatic hydroxyl groups excluding tert-OH is 1. The second-order valence-electron chi connectivity index (χ2n) is 3.40. The molecule has 0 atom stereocenters. The summed E-state index contributed by atoms with van der Waals surface area (Å²) in [7, 11) is -1.01. The zero-order valence-electron chi connectivity index (χ0n) is 6.72. The molecular weight excluding hydrogens is 147 g/mol. The Morgan fingerprint density at radius 1 is 1.30 bits per heavy atom. The maximum Gasteiger partial charge on any atom is 0.158 e. The Morgan fingerprint density at radius 3 is 2.10 bits per heavy atom.